The van der Waals surface area contributed by atoms with E-state index in [4.69, 9.17) is 42.7 Å². The Labute approximate surface area is 644 Å². The molecule has 2 aliphatic carbocycles. The summed E-state index contributed by atoms with van der Waals surface area (Å²) in [6, 6.07) is 16.1. The summed E-state index contributed by atoms with van der Waals surface area (Å²) in [6.45, 7) is 16.1. The topological polar surface area (TPSA) is 403 Å². The molecule has 4 aliphatic heterocycles. The van der Waals surface area contributed by atoms with E-state index in [1.165, 1.54) is 13.2 Å². The van der Waals surface area contributed by atoms with Crippen molar-refractivity contribution in [2.75, 3.05) is 71.8 Å². The maximum atomic E-state index is 14.3. The zero-order chi connectivity index (χ0) is 80.7. The number of rotatable bonds is 14. The van der Waals surface area contributed by atoms with Crippen molar-refractivity contribution in [2.45, 2.75) is 218 Å². The summed E-state index contributed by atoms with van der Waals surface area (Å²) >= 11 is 0. The highest BCUT2D eigenvalue weighted by Gasteiger charge is 2.54. The van der Waals surface area contributed by atoms with Gasteiger partial charge in [-0.2, -0.15) is 0 Å². The van der Waals surface area contributed by atoms with Crippen LogP contribution in [0.5, 0.6) is 0 Å². The fraction of sp³-hybridized carbons (Fsp3) is 0.639. The Bertz CT molecular complexity index is 3680. The minimum absolute atomic E-state index is 0.00878. The summed E-state index contributed by atoms with van der Waals surface area (Å²) < 4.78 is 44.3. The maximum absolute atomic E-state index is 14.3. The van der Waals surface area contributed by atoms with Gasteiger partial charge in [0.1, 0.15) is 66.4 Å². The van der Waals surface area contributed by atoms with Gasteiger partial charge in [-0.15, -0.1) is 0 Å². The number of morpholine rings is 1. The molecule has 2 saturated carbocycles. The Hall–Kier alpha value is -7.22. The number of amides is 1. The van der Waals surface area contributed by atoms with E-state index in [9.17, 15) is 79.2 Å². The molecule has 610 valence electrons. The standard InChI is InChI=1S/C51H77NO13.C19H17NO3.C13H24O9/c1-30-14-10-9-11-15-31(2)44(63-8)26-39-19-17-36(7)51(62,65-39)48(59)49(60)52-21-13-12-16-41(52)50(61)64-45(33(4)24-37-18-20-42(55)38(25-37)28-53)27-43(56)32(3)23-35(6)47(58)40(29-54)46(57)34(5)22-30;21-17-13-18(20-9-11-22-12-10-20)23-19-15(7-4-8-16(17)19)14-5-2-1-3-6-14;1-3-6(20-2)5-21-13(19)22-12-9(16)7(4-14)8(15)10(17)11(12)18/h9-11,14-15,23,29-30,32-34,36-42,44-45,47,53,55,58,62H,12-13,16-22,24-28H2,1-8H3;1-8,13H,9-12H2;6-12,14-18H,3-5H2,1-2H3/b11-9+,14-10+,31-15+,35-23+;;/t30?,32-,33?,34-,36-,37?,38+,39?,40?,41+,42-,44+,45+,47-,51-;;6-,7?,8?,9?,10?,11?,12?/m1.1/s1. The van der Waals surface area contributed by atoms with Crippen LogP contribution in [-0.2, 0) is 61.9 Å². The van der Waals surface area contributed by atoms with Crippen LogP contribution < -0.4 is 10.3 Å². The summed E-state index contributed by atoms with van der Waals surface area (Å²) in [6.07, 6.45) is 3.27. The number of methoxy groups -OCH3 is 2. The number of hydrogen-bond acceptors (Lipinski definition) is 26. The average molecular weight is 1540 g/mol. The van der Waals surface area contributed by atoms with E-state index in [0.717, 1.165) is 34.7 Å². The number of hydrogen-bond donors (Lipinski definition) is 9. The number of carbonyl (C=O) groups is 7. The van der Waals surface area contributed by atoms with Gasteiger partial charge in [0, 0.05) is 94.5 Å². The summed E-state index contributed by atoms with van der Waals surface area (Å²) in [5.74, 6) is -10.8. The van der Waals surface area contributed by atoms with E-state index in [1.54, 1.807) is 40.9 Å². The van der Waals surface area contributed by atoms with Crippen molar-refractivity contribution in [1.29, 1.82) is 0 Å². The second-order valence-electron chi connectivity index (χ2n) is 30.6. The molecule has 1 amide bonds. The number of para-hydroxylation sites is 1. The highest BCUT2D eigenvalue weighted by molar-refractivity contribution is 6.39. The lowest BCUT2D eigenvalue weighted by molar-refractivity contribution is -0.265. The average Bonchev–Trinajstić information content (AvgIpc) is 0.783. The molecule has 27 nitrogen and oxygen atoms in total. The molecule has 11 unspecified atom stereocenters. The molecular weight excluding hydrogens is 1420 g/mol. The minimum atomic E-state index is -2.45. The van der Waals surface area contributed by atoms with Crippen molar-refractivity contribution in [3.63, 3.8) is 0 Å². The van der Waals surface area contributed by atoms with Crippen molar-refractivity contribution in [3.05, 3.63) is 112 Å². The first-order chi connectivity index (χ1) is 52.4. The minimum Gasteiger partial charge on any atom is -0.460 e. The molecule has 110 heavy (non-hydrogen) atoms. The first kappa shape index (κ1) is 90.0. The number of benzene rings is 2. The molecule has 3 saturated heterocycles. The number of cyclic esters (lactones) is 1. The highest BCUT2D eigenvalue weighted by atomic mass is 16.7. The SMILES string of the molecule is CC[C@H](COC(=O)OC1C(O)C(O)C(O)C(CO)C1O)OC.CO[C@H]1CC2CC[C@@H](C)[C@@](O)(O2)C(=O)C(=O)N2CCCC[C@H]2C(=O)O[C@H](C(C)CC2CC[C@@H](O)[C@H](CO)C2)CC(=O)[C@H](C)/C=C(\C)[C@@H](O)C(C=O)C(=O)[C@H](C)CC(C)/C=C/C=C/C=C/1C.O=c1cc(N2CCOCC2)oc2c(-c3ccccc3)cccc12. The lowest BCUT2D eigenvalue weighted by Gasteiger charge is -2.42. The van der Waals surface area contributed by atoms with Crippen LogP contribution in [0.4, 0.5) is 10.7 Å². The normalized spacial score (nSPS) is 34.3. The number of fused-ring (bicyclic) bond motifs is 4. The van der Waals surface area contributed by atoms with Gasteiger partial charge in [0.05, 0.1) is 61.8 Å². The van der Waals surface area contributed by atoms with Crippen LogP contribution in [0.2, 0.25) is 0 Å². The van der Waals surface area contributed by atoms with Gasteiger partial charge >= 0.3 is 12.1 Å². The lowest BCUT2D eigenvalue weighted by Crippen LogP contribution is -2.63. The van der Waals surface area contributed by atoms with Crippen LogP contribution in [-0.4, -0.2) is 238 Å². The molecule has 22 atom stereocenters. The number of anilines is 1. The smallest absolute Gasteiger partial charge is 0.460 e. The van der Waals surface area contributed by atoms with Crippen LogP contribution in [0.15, 0.2) is 111 Å². The molecule has 6 aliphatic rings. The number of esters is 1. The molecule has 2 aromatic carbocycles. The molecular formula is C83H118N2O25. The molecule has 9 N–H and O–H groups in total. The van der Waals surface area contributed by atoms with Crippen LogP contribution in [0, 0.1) is 53.3 Å². The Balaban J connectivity index is 0.000000299. The first-order valence-corrected chi connectivity index (χ1v) is 38.8. The molecule has 27 heteroatoms. The van der Waals surface area contributed by atoms with E-state index < -0.39 is 139 Å². The van der Waals surface area contributed by atoms with Crippen LogP contribution >= 0.6 is 0 Å². The molecule has 1 aromatic heterocycles. The zero-order valence-electron chi connectivity index (χ0n) is 65.2. The number of Topliss-reactive ketones (excluding diaryl/α,β-unsaturated/α-hetero) is 3. The van der Waals surface area contributed by atoms with Crippen molar-refractivity contribution in [3.8, 4) is 11.1 Å². The van der Waals surface area contributed by atoms with Gasteiger partial charge in [-0.3, -0.25) is 24.0 Å². The van der Waals surface area contributed by atoms with Crippen molar-refractivity contribution < 1.29 is 117 Å². The third-order valence-electron chi connectivity index (χ3n) is 22.6. The van der Waals surface area contributed by atoms with Gasteiger partial charge in [0.25, 0.3) is 11.7 Å². The third-order valence-corrected chi connectivity index (χ3v) is 22.6. The lowest BCUT2D eigenvalue weighted by atomic mass is 9.75. The first-order valence-electron chi connectivity index (χ1n) is 38.8. The predicted octanol–water partition coefficient (Wildman–Crippen LogP) is 6.87. The number of ketones is 3. The predicted molar refractivity (Wildman–Crippen MR) is 407 cm³/mol. The Morgan fingerprint density at radius 2 is 1.50 bits per heavy atom. The van der Waals surface area contributed by atoms with Gasteiger partial charge in [-0.05, 0) is 125 Å². The van der Waals surface area contributed by atoms with Crippen LogP contribution in [0.3, 0.4) is 0 Å². The van der Waals surface area contributed by atoms with Crippen LogP contribution in [0.1, 0.15) is 139 Å². The number of aldehydes is 1. The maximum Gasteiger partial charge on any atom is 0.508 e. The quantitative estimate of drug-likeness (QED) is 0.0261. The van der Waals surface area contributed by atoms with Gasteiger partial charge in [0.2, 0.25) is 5.79 Å². The summed E-state index contributed by atoms with van der Waals surface area (Å²) in [4.78, 5) is 110. The number of aliphatic hydroxyl groups excluding tert-OH is 8. The molecule has 9 rings (SSSR count). The van der Waals surface area contributed by atoms with Crippen molar-refractivity contribution in [1.82, 2.24) is 4.90 Å². The highest BCUT2D eigenvalue weighted by Crippen LogP contribution is 2.40. The van der Waals surface area contributed by atoms with E-state index in [0.29, 0.717) is 107 Å². The zero-order valence-corrected chi connectivity index (χ0v) is 65.2. The molecule has 0 radical (unpaired) electrons. The van der Waals surface area contributed by atoms with Gasteiger partial charge < -0.3 is 98.1 Å². The van der Waals surface area contributed by atoms with E-state index >= 15 is 0 Å². The Morgan fingerprint density at radius 3 is 2.16 bits per heavy atom. The van der Waals surface area contributed by atoms with E-state index in [2.05, 4.69) is 4.90 Å². The van der Waals surface area contributed by atoms with Gasteiger partial charge in [0.15, 0.2) is 17.4 Å². The van der Waals surface area contributed by atoms with E-state index in [1.807, 2.05) is 107 Å². The van der Waals surface area contributed by atoms with Crippen molar-refractivity contribution in [2.24, 2.45) is 53.3 Å². The van der Waals surface area contributed by atoms with E-state index in [-0.39, 0.29) is 79.2 Å². The molecule has 2 bridgehead atoms. The fourth-order valence-corrected chi connectivity index (χ4v) is 15.5. The molecule has 5 fully saturated rings. The number of piperidine rings is 1. The monoisotopic (exact) mass is 1540 g/mol. The summed E-state index contributed by atoms with van der Waals surface area (Å²) in [5.41, 5.74) is 3.75. The number of ether oxygens (including phenoxy) is 7. The number of allylic oxidation sites excluding steroid dienone is 6. The third kappa shape index (κ3) is 23.7. The largest absolute Gasteiger partial charge is 0.508 e. The number of nitrogens with zero attached hydrogens (tertiary/aromatic N) is 2. The Morgan fingerprint density at radius 1 is 0.782 bits per heavy atom. The second-order valence-corrected chi connectivity index (χ2v) is 30.6. The number of carbonyl (C=O) groups excluding carboxylic acids is 7. The molecule has 0 spiro atoms. The molecule has 3 aromatic rings. The Kier molecular flexibility index (Phi) is 35.3. The van der Waals surface area contributed by atoms with Gasteiger partial charge in [-0.25, -0.2) is 9.59 Å². The summed E-state index contributed by atoms with van der Waals surface area (Å²) in [7, 11) is 3.02. The number of aliphatic hydroxyl groups is 9. The van der Waals surface area contributed by atoms with Crippen LogP contribution in [0.25, 0.3) is 22.1 Å². The molecule has 5 heterocycles. The van der Waals surface area contributed by atoms with Crippen molar-refractivity contribution >= 4 is 58.5 Å². The van der Waals surface area contributed by atoms with Gasteiger partial charge in [-0.1, -0.05) is 120 Å². The fourth-order valence-electron chi connectivity index (χ4n) is 15.5. The summed E-state index contributed by atoms with van der Waals surface area (Å²) in [5, 5.41) is 92.4. The second kappa shape index (κ2) is 43.2.